The summed E-state index contributed by atoms with van der Waals surface area (Å²) in [6.45, 7) is 6.17. The molecule has 0 unspecified atom stereocenters. The number of hydrogen-bond acceptors (Lipinski definition) is 5. The first-order chi connectivity index (χ1) is 8.43. The van der Waals surface area contributed by atoms with Crippen molar-refractivity contribution in [1.29, 1.82) is 0 Å². The fraction of sp³-hybridized carbons (Fsp3) is 0.692. The smallest absolute Gasteiger partial charge is 0.135 e. The van der Waals surface area contributed by atoms with Crippen molar-refractivity contribution in [3.05, 3.63) is 11.9 Å². The molecule has 0 aliphatic heterocycles. The van der Waals surface area contributed by atoms with Crippen LogP contribution in [0.5, 0.6) is 0 Å². The van der Waals surface area contributed by atoms with Crippen LogP contribution in [-0.2, 0) is 0 Å². The molecule has 0 radical (unpaired) electrons. The molecule has 102 valence electrons. The molecule has 0 aliphatic carbocycles. The van der Waals surface area contributed by atoms with Gasteiger partial charge in [-0.2, -0.15) is 0 Å². The van der Waals surface area contributed by atoms with Gasteiger partial charge in [0.15, 0.2) is 0 Å². The molecule has 0 amide bonds. The summed E-state index contributed by atoms with van der Waals surface area (Å²) in [5, 5.41) is 3.09. The molecule has 1 heterocycles. The highest BCUT2D eigenvalue weighted by Crippen LogP contribution is 2.18. The van der Waals surface area contributed by atoms with E-state index in [9.17, 15) is 0 Å². The maximum atomic E-state index is 4.62. The molecule has 1 N–H and O–H groups in total. The first-order valence-corrected chi connectivity index (χ1v) is 6.36. The van der Waals surface area contributed by atoms with Crippen LogP contribution in [0.2, 0.25) is 0 Å². The lowest BCUT2D eigenvalue weighted by molar-refractivity contribution is 0.416. The van der Waals surface area contributed by atoms with E-state index in [2.05, 4.69) is 60.1 Å². The van der Waals surface area contributed by atoms with Crippen LogP contribution in [-0.4, -0.2) is 56.1 Å². The molecular weight excluding hydrogens is 226 g/mol. The van der Waals surface area contributed by atoms with E-state index in [1.807, 2.05) is 13.1 Å². The van der Waals surface area contributed by atoms with Crippen LogP contribution in [0.3, 0.4) is 0 Å². The summed E-state index contributed by atoms with van der Waals surface area (Å²) in [7, 11) is 8.10. The van der Waals surface area contributed by atoms with Crippen molar-refractivity contribution >= 4 is 11.6 Å². The van der Waals surface area contributed by atoms with Gasteiger partial charge >= 0.3 is 0 Å². The highest BCUT2D eigenvalue weighted by molar-refractivity contribution is 5.48. The summed E-state index contributed by atoms with van der Waals surface area (Å²) in [4.78, 5) is 13.4. The summed E-state index contributed by atoms with van der Waals surface area (Å²) in [6.07, 6.45) is 0. The summed E-state index contributed by atoms with van der Waals surface area (Å²) in [6, 6.07) is 1.99. The highest BCUT2D eigenvalue weighted by Gasteiger charge is 2.10. The minimum atomic E-state index is 0.333. The third kappa shape index (κ3) is 4.14. The van der Waals surface area contributed by atoms with Gasteiger partial charge in [0.05, 0.1) is 0 Å². The zero-order chi connectivity index (χ0) is 13.7. The Morgan fingerprint density at radius 1 is 1.17 bits per heavy atom. The topological polar surface area (TPSA) is 44.3 Å². The van der Waals surface area contributed by atoms with Gasteiger partial charge in [0.1, 0.15) is 17.5 Å². The van der Waals surface area contributed by atoms with Gasteiger partial charge in [0.25, 0.3) is 0 Å². The molecule has 0 atom stereocenters. The van der Waals surface area contributed by atoms with E-state index in [4.69, 9.17) is 0 Å². The summed E-state index contributed by atoms with van der Waals surface area (Å²) in [5.41, 5.74) is 0. The Bertz CT molecular complexity index is 376. The zero-order valence-corrected chi connectivity index (χ0v) is 12.4. The van der Waals surface area contributed by atoms with Gasteiger partial charge in [0, 0.05) is 39.2 Å². The average molecular weight is 251 g/mol. The number of hydrogen-bond donors (Lipinski definition) is 1. The van der Waals surface area contributed by atoms with Crippen LogP contribution in [0.4, 0.5) is 11.6 Å². The van der Waals surface area contributed by atoms with Gasteiger partial charge in [-0.15, -0.1) is 0 Å². The van der Waals surface area contributed by atoms with E-state index in [-0.39, 0.29) is 0 Å². The molecule has 5 heteroatoms. The molecule has 0 aromatic carbocycles. The second-order valence-corrected chi connectivity index (χ2v) is 5.10. The molecule has 18 heavy (non-hydrogen) atoms. The largest absolute Gasteiger partial charge is 0.373 e. The molecule has 1 rings (SSSR count). The predicted octanol–water partition coefficient (Wildman–Crippen LogP) is 1.64. The Morgan fingerprint density at radius 3 is 2.33 bits per heavy atom. The summed E-state index contributed by atoms with van der Waals surface area (Å²) in [5.74, 6) is 3.06. The minimum Gasteiger partial charge on any atom is -0.373 e. The first-order valence-electron chi connectivity index (χ1n) is 6.36. The second kappa shape index (κ2) is 6.54. The lowest BCUT2D eigenvalue weighted by Crippen LogP contribution is -2.29. The van der Waals surface area contributed by atoms with Gasteiger partial charge in [-0.3, -0.25) is 0 Å². The lowest BCUT2D eigenvalue weighted by atomic mass is 10.2. The fourth-order valence-corrected chi connectivity index (χ4v) is 1.50. The Labute approximate surface area is 110 Å². The fourth-order valence-electron chi connectivity index (χ4n) is 1.50. The van der Waals surface area contributed by atoms with Crippen molar-refractivity contribution in [1.82, 2.24) is 14.9 Å². The second-order valence-electron chi connectivity index (χ2n) is 5.10. The van der Waals surface area contributed by atoms with Crippen LogP contribution < -0.4 is 10.2 Å². The number of nitrogens with zero attached hydrogens (tertiary/aromatic N) is 4. The van der Waals surface area contributed by atoms with Crippen LogP contribution in [0.1, 0.15) is 25.6 Å². The van der Waals surface area contributed by atoms with Crippen molar-refractivity contribution in [2.24, 2.45) is 0 Å². The van der Waals surface area contributed by atoms with Crippen molar-refractivity contribution in [2.75, 3.05) is 51.5 Å². The quantitative estimate of drug-likeness (QED) is 0.832. The van der Waals surface area contributed by atoms with Crippen molar-refractivity contribution in [3.8, 4) is 0 Å². The number of aromatic nitrogens is 2. The third-order valence-corrected chi connectivity index (χ3v) is 2.78. The van der Waals surface area contributed by atoms with E-state index < -0.39 is 0 Å². The number of anilines is 2. The van der Waals surface area contributed by atoms with Crippen molar-refractivity contribution in [3.63, 3.8) is 0 Å². The molecule has 0 saturated heterocycles. The molecule has 1 aromatic rings. The molecule has 0 fully saturated rings. The number of rotatable bonds is 6. The zero-order valence-electron chi connectivity index (χ0n) is 12.4. The summed E-state index contributed by atoms with van der Waals surface area (Å²) >= 11 is 0. The molecular formula is C13H25N5. The minimum absolute atomic E-state index is 0.333. The Balaban J connectivity index is 2.89. The Hall–Kier alpha value is -1.36. The Kier molecular flexibility index (Phi) is 5.34. The van der Waals surface area contributed by atoms with E-state index in [1.165, 1.54) is 0 Å². The standard InChI is InChI=1S/C13H25N5/c1-10(2)13-15-11(14-3)9-12(16-13)18(6)8-7-17(4)5/h9-10H,7-8H2,1-6H3,(H,14,15,16). The Morgan fingerprint density at radius 2 is 1.83 bits per heavy atom. The van der Waals surface area contributed by atoms with Crippen LogP contribution in [0, 0.1) is 0 Å². The van der Waals surface area contributed by atoms with E-state index in [0.717, 1.165) is 30.5 Å². The maximum absolute atomic E-state index is 4.62. The molecule has 0 aliphatic rings. The average Bonchev–Trinajstić information content (AvgIpc) is 2.35. The van der Waals surface area contributed by atoms with Crippen molar-refractivity contribution in [2.45, 2.75) is 19.8 Å². The monoisotopic (exact) mass is 251 g/mol. The molecule has 0 saturated carbocycles. The predicted molar refractivity (Wildman–Crippen MR) is 77.5 cm³/mol. The molecule has 5 nitrogen and oxygen atoms in total. The van der Waals surface area contributed by atoms with Crippen LogP contribution >= 0.6 is 0 Å². The summed E-state index contributed by atoms with van der Waals surface area (Å²) < 4.78 is 0. The molecule has 0 spiro atoms. The van der Waals surface area contributed by atoms with E-state index >= 15 is 0 Å². The van der Waals surface area contributed by atoms with E-state index in [0.29, 0.717) is 5.92 Å². The van der Waals surface area contributed by atoms with Gasteiger partial charge in [-0.05, 0) is 14.1 Å². The number of likely N-dealkylation sites (N-methyl/N-ethyl adjacent to an activating group) is 2. The molecule has 1 aromatic heterocycles. The van der Waals surface area contributed by atoms with Gasteiger partial charge in [-0.25, -0.2) is 9.97 Å². The van der Waals surface area contributed by atoms with Crippen LogP contribution in [0.25, 0.3) is 0 Å². The number of nitrogens with one attached hydrogen (secondary N) is 1. The van der Waals surface area contributed by atoms with E-state index in [1.54, 1.807) is 0 Å². The maximum Gasteiger partial charge on any atom is 0.135 e. The molecule has 0 bridgehead atoms. The van der Waals surface area contributed by atoms with Gasteiger partial charge in [-0.1, -0.05) is 13.8 Å². The van der Waals surface area contributed by atoms with Crippen LogP contribution in [0.15, 0.2) is 6.07 Å². The van der Waals surface area contributed by atoms with Gasteiger partial charge < -0.3 is 15.1 Å². The lowest BCUT2D eigenvalue weighted by Gasteiger charge is -2.22. The van der Waals surface area contributed by atoms with Crippen molar-refractivity contribution < 1.29 is 0 Å². The third-order valence-electron chi connectivity index (χ3n) is 2.78. The first kappa shape index (κ1) is 14.7. The SMILES string of the molecule is CNc1cc(N(C)CCN(C)C)nc(C(C)C)n1. The normalized spacial score (nSPS) is 11.1. The van der Waals surface area contributed by atoms with Gasteiger partial charge in [0.2, 0.25) is 0 Å². The highest BCUT2D eigenvalue weighted by atomic mass is 15.2.